The number of nitrogens with zero attached hydrogens (tertiary/aromatic N) is 2. The lowest BCUT2D eigenvalue weighted by molar-refractivity contribution is 0.0437. The molecule has 7 heteroatoms. The summed E-state index contributed by atoms with van der Waals surface area (Å²) in [5, 5.41) is 4.58. The van der Waals surface area contributed by atoms with Gasteiger partial charge < -0.3 is 9.26 Å². The van der Waals surface area contributed by atoms with E-state index in [9.17, 15) is 4.79 Å². The van der Waals surface area contributed by atoms with Crippen LogP contribution >= 0.6 is 23.2 Å². The number of esters is 1. The Kier molecular flexibility index (Phi) is 4.60. The van der Waals surface area contributed by atoms with E-state index in [4.69, 9.17) is 32.5 Å². The number of carbonyl (C=O) groups excluding carboxylic acids is 1. The van der Waals surface area contributed by atoms with Gasteiger partial charge in [-0.1, -0.05) is 46.6 Å². The van der Waals surface area contributed by atoms with Crippen LogP contribution in [-0.2, 0) is 11.3 Å². The lowest BCUT2D eigenvalue weighted by Crippen LogP contribution is -2.06. The van der Waals surface area contributed by atoms with Crippen molar-refractivity contribution in [3.8, 4) is 11.3 Å². The summed E-state index contributed by atoms with van der Waals surface area (Å²) in [4.78, 5) is 15.8. The van der Waals surface area contributed by atoms with E-state index in [1.54, 1.807) is 18.2 Å². The summed E-state index contributed by atoms with van der Waals surface area (Å²) >= 11 is 11.9. The van der Waals surface area contributed by atoms with Gasteiger partial charge in [0.2, 0.25) is 0 Å². The molecule has 0 N–H and O–H groups in total. The van der Waals surface area contributed by atoms with Gasteiger partial charge in [-0.2, -0.15) is 0 Å². The molecule has 0 unspecified atom stereocenters. The Hall–Kier alpha value is -2.37. The average Bonchev–Trinajstić information content (AvgIpc) is 3.02. The predicted octanol–water partition coefficient (Wildman–Crippen LogP) is 4.40. The largest absolute Gasteiger partial charge is 0.454 e. The predicted molar refractivity (Wildman–Crippen MR) is 85.3 cm³/mol. The number of rotatable bonds is 4. The molecule has 0 aliphatic heterocycles. The maximum atomic E-state index is 11.9. The van der Waals surface area contributed by atoms with E-state index in [1.807, 2.05) is 18.2 Å². The molecule has 23 heavy (non-hydrogen) atoms. The van der Waals surface area contributed by atoms with Crippen molar-refractivity contribution in [2.45, 2.75) is 6.61 Å². The molecule has 0 aliphatic carbocycles. The molecule has 0 bridgehead atoms. The maximum Gasteiger partial charge on any atom is 0.341 e. The van der Waals surface area contributed by atoms with Crippen molar-refractivity contribution in [1.29, 1.82) is 0 Å². The third kappa shape index (κ3) is 3.52. The molecule has 5 nitrogen and oxygen atoms in total. The fourth-order valence-corrected chi connectivity index (χ4v) is 2.36. The van der Waals surface area contributed by atoms with Gasteiger partial charge in [0.25, 0.3) is 0 Å². The molecule has 0 spiro atoms. The first-order valence-corrected chi connectivity index (χ1v) is 7.39. The highest BCUT2D eigenvalue weighted by Crippen LogP contribution is 2.27. The molecule has 0 saturated carbocycles. The summed E-state index contributed by atoms with van der Waals surface area (Å²) in [6, 6.07) is 12.1. The van der Waals surface area contributed by atoms with Gasteiger partial charge in [0.15, 0.2) is 12.4 Å². The number of hydrogen-bond donors (Lipinski definition) is 0. The Morgan fingerprint density at radius 2 is 2.00 bits per heavy atom. The van der Waals surface area contributed by atoms with Crippen LogP contribution in [0.4, 0.5) is 0 Å². The SMILES string of the molecule is O=C(OCc1cc(-c2ccccc2Cl)no1)c1cccnc1Cl. The number of halogens is 2. The highest BCUT2D eigenvalue weighted by Gasteiger charge is 2.15. The van der Waals surface area contributed by atoms with Crippen LogP contribution in [0.2, 0.25) is 10.2 Å². The van der Waals surface area contributed by atoms with Crippen molar-refractivity contribution in [2.24, 2.45) is 0 Å². The molecular weight excluding hydrogens is 339 g/mol. The van der Waals surface area contributed by atoms with Crippen molar-refractivity contribution >= 4 is 29.2 Å². The lowest BCUT2D eigenvalue weighted by atomic mass is 10.1. The minimum absolute atomic E-state index is 0.0679. The van der Waals surface area contributed by atoms with Gasteiger partial charge in [-0.3, -0.25) is 0 Å². The Balaban J connectivity index is 1.70. The van der Waals surface area contributed by atoms with Gasteiger partial charge in [-0.15, -0.1) is 0 Å². The molecule has 2 aromatic heterocycles. The molecule has 0 aliphatic rings. The van der Waals surface area contributed by atoms with Crippen LogP contribution in [0, 0.1) is 0 Å². The van der Waals surface area contributed by atoms with Gasteiger partial charge in [0.1, 0.15) is 10.8 Å². The van der Waals surface area contributed by atoms with Crippen molar-refractivity contribution in [3.63, 3.8) is 0 Å². The van der Waals surface area contributed by atoms with E-state index < -0.39 is 5.97 Å². The molecule has 0 fully saturated rings. The lowest BCUT2D eigenvalue weighted by Gasteiger charge is -2.03. The standard InChI is InChI=1S/C16H10Cl2N2O3/c17-13-6-2-1-4-11(13)14-8-10(23-20-14)9-22-16(21)12-5-3-7-19-15(12)18/h1-8H,9H2. The maximum absolute atomic E-state index is 11.9. The van der Waals surface area contributed by atoms with Crippen LogP contribution in [0.15, 0.2) is 53.2 Å². The second kappa shape index (κ2) is 6.81. The molecular formula is C16H10Cl2N2O3. The molecule has 0 radical (unpaired) electrons. The highest BCUT2D eigenvalue weighted by molar-refractivity contribution is 6.33. The molecule has 2 heterocycles. The smallest absolute Gasteiger partial charge is 0.341 e. The number of aromatic nitrogens is 2. The van der Waals surface area contributed by atoms with Crippen molar-refractivity contribution in [2.75, 3.05) is 0 Å². The van der Waals surface area contributed by atoms with Gasteiger partial charge in [-0.05, 0) is 18.2 Å². The van der Waals surface area contributed by atoms with Crippen LogP contribution in [0.25, 0.3) is 11.3 Å². The first-order chi connectivity index (χ1) is 11.1. The third-order valence-corrected chi connectivity index (χ3v) is 3.66. The number of benzene rings is 1. The van der Waals surface area contributed by atoms with E-state index in [2.05, 4.69) is 10.1 Å². The molecule has 116 valence electrons. The quantitative estimate of drug-likeness (QED) is 0.516. The van der Waals surface area contributed by atoms with E-state index in [0.29, 0.717) is 16.5 Å². The number of ether oxygens (including phenoxy) is 1. The van der Waals surface area contributed by atoms with Crippen LogP contribution in [0.1, 0.15) is 16.1 Å². The zero-order valence-corrected chi connectivity index (χ0v) is 13.2. The van der Waals surface area contributed by atoms with E-state index in [1.165, 1.54) is 12.3 Å². The minimum Gasteiger partial charge on any atom is -0.454 e. The van der Waals surface area contributed by atoms with E-state index >= 15 is 0 Å². The number of carbonyl (C=O) groups is 1. The minimum atomic E-state index is -0.584. The summed E-state index contributed by atoms with van der Waals surface area (Å²) in [5.41, 5.74) is 1.51. The van der Waals surface area contributed by atoms with E-state index in [0.717, 1.165) is 5.56 Å². The molecule has 0 saturated heterocycles. The Labute approximate surface area is 141 Å². The van der Waals surface area contributed by atoms with Crippen LogP contribution < -0.4 is 0 Å². The van der Waals surface area contributed by atoms with Crippen molar-refractivity contribution < 1.29 is 14.1 Å². The Morgan fingerprint density at radius 1 is 1.17 bits per heavy atom. The fourth-order valence-electron chi connectivity index (χ4n) is 1.93. The Morgan fingerprint density at radius 3 is 2.78 bits per heavy atom. The summed E-state index contributed by atoms with van der Waals surface area (Å²) < 4.78 is 10.3. The Bertz CT molecular complexity index is 849. The number of hydrogen-bond acceptors (Lipinski definition) is 5. The average molecular weight is 349 g/mol. The summed E-state index contributed by atoms with van der Waals surface area (Å²) in [6.45, 7) is -0.0679. The molecule has 3 rings (SSSR count). The molecule has 0 atom stereocenters. The second-order valence-electron chi connectivity index (χ2n) is 4.58. The fraction of sp³-hybridized carbons (Fsp3) is 0.0625. The third-order valence-electron chi connectivity index (χ3n) is 3.03. The summed E-state index contributed by atoms with van der Waals surface area (Å²) in [6.07, 6.45) is 1.49. The van der Waals surface area contributed by atoms with Gasteiger partial charge in [0, 0.05) is 17.8 Å². The summed E-state index contributed by atoms with van der Waals surface area (Å²) in [7, 11) is 0. The van der Waals surface area contributed by atoms with Gasteiger partial charge in [0.05, 0.1) is 10.6 Å². The highest BCUT2D eigenvalue weighted by atomic mass is 35.5. The van der Waals surface area contributed by atoms with Gasteiger partial charge >= 0.3 is 5.97 Å². The normalized spacial score (nSPS) is 10.5. The zero-order valence-electron chi connectivity index (χ0n) is 11.7. The van der Waals surface area contributed by atoms with Crippen LogP contribution in [0.3, 0.4) is 0 Å². The monoisotopic (exact) mass is 348 g/mol. The van der Waals surface area contributed by atoms with Crippen LogP contribution in [0.5, 0.6) is 0 Å². The first-order valence-electron chi connectivity index (χ1n) is 6.63. The van der Waals surface area contributed by atoms with Gasteiger partial charge in [-0.25, -0.2) is 9.78 Å². The van der Waals surface area contributed by atoms with Crippen molar-refractivity contribution in [3.05, 3.63) is 70.2 Å². The molecule has 0 amide bonds. The first kappa shape index (κ1) is 15.5. The molecule has 1 aromatic carbocycles. The second-order valence-corrected chi connectivity index (χ2v) is 5.34. The van der Waals surface area contributed by atoms with Crippen LogP contribution in [-0.4, -0.2) is 16.1 Å². The molecule has 3 aromatic rings. The van der Waals surface area contributed by atoms with E-state index in [-0.39, 0.29) is 17.3 Å². The number of pyridine rings is 1. The van der Waals surface area contributed by atoms with Crippen molar-refractivity contribution in [1.82, 2.24) is 10.1 Å². The zero-order chi connectivity index (χ0) is 16.2. The summed E-state index contributed by atoms with van der Waals surface area (Å²) in [5.74, 6) is -0.188. The topological polar surface area (TPSA) is 65.2 Å².